The van der Waals surface area contributed by atoms with Gasteiger partial charge in [-0.1, -0.05) is 36.9 Å². The third-order valence-electron chi connectivity index (χ3n) is 4.36. The molecule has 2 rings (SSSR count). The van der Waals surface area contributed by atoms with Gasteiger partial charge >= 0.3 is 0 Å². The van der Waals surface area contributed by atoms with Gasteiger partial charge in [0, 0.05) is 18.4 Å². The Morgan fingerprint density at radius 2 is 2.14 bits per heavy atom. The molecule has 0 radical (unpaired) electrons. The molecule has 1 unspecified atom stereocenters. The number of aromatic nitrogens is 2. The number of nitrogens with zero attached hydrogens (tertiary/aromatic N) is 1. The molecule has 1 aromatic heterocycles. The molecular formula is C21H27N3O3S. The van der Waals surface area contributed by atoms with Crippen LogP contribution in [-0.4, -0.2) is 37.8 Å². The third-order valence-corrected chi connectivity index (χ3v) is 5.09. The summed E-state index contributed by atoms with van der Waals surface area (Å²) in [6, 6.07) is 7.72. The predicted octanol–water partition coefficient (Wildman–Crippen LogP) is 3.55. The number of nitrogens with one attached hydrogen (secondary N) is 2. The molecule has 0 bridgehead atoms. The van der Waals surface area contributed by atoms with E-state index in [1.54, 1.807) is 12.5 Å². The quantitative estimate of drug-likeness (QED) is 0.471. The van der Waals surface area contributed by atoms with E-state index in [4.69, 9.17) is 4.74 Å². The van der Waals surface area contributed by atoms with Gasteiger partial charge in [0.1, 0.15) is 12.4 Å². The number of hydrogen-bond acceptors (Lipinski definition) is 4. The fourth-order valence-corrected chi connectivity index (χ4v) is 3.32. The molecule has 0 spiro atoms. The maximum absolute atomic E-state index is 11.1. The minimum atomic E-state index is -3.23. The van der Waals surface area contributed by atoms with Crippen molar-refractivity contribution in [1.82, 2.24) is 14.7 Å². The molecule has 0 aliphatic rings. The van der Waals surface area contributed by atoms with Crippen LogP contribution in [0.25, 0.3) is 0 Å². The van der Waals surface area contributed by atoms with Crippen LogP contribution >= 0.6 is 0 Å². The van der Waals surface area contributed by atoms with E-state index in [2.05, 4.69) is 27.8 Å². The molecule has 1 aromatic carbocycles. The lowest BCUT2D eigenvalue weighted by Gasteiger charge is -2.21. The first-order valence-corrected chi connectivity index (χ1v) is 10.8. The first kappa shape index (κ1) is 21.7. The van der Waals surface area contributed by atoms with E-state index >= 15 is 0 Å². The van der Waals surface area contributed by atoms with Crippen molar-refractivity contribution < 1.29 is 13.2 Å². The van der Waals surface area contributed by atoms with Crippen LogP contribution in [-0.2, 0) is 10.0 Å². The number of aromatic amines is 1. The topological polar surface area (TPSA) is 84.1 Å². The molecule has 0 aliphatic heterocycles. The van der Waals surface area contributed by atoms with Gasteiger partial charge in [0.2, 0.25) is 10.0 Å². The van der Waals surface area contributed by atoms with E-state index in [-0.39, 0.29) is 19.1 Å². The van der Waals surface area contributed by atoms with Gasteiger partial charge in [0.25, 0.3) is 0 Å². The summed E-state index contributed by atoms with van der Waals surface area (Å²) < 4.78 is 30.4. The van der Waals surface area contributed by atoms with Crippen molar-refractivity contribution in [3.05, 3.63) is 84.0 Å². The second kappa shape index (κ2) is 9.52. The molecule has 2 aromatic rings. The maximum atomic E-state index is 11.1. The van der Waals surface area contributed by atoms with Crippen LogP contribution in [0.5, 0.6) is 5.75 Å². The minimum Gasteiger partial charge on any atom is -0.492 e. The second-order valence-corrected chi connectivity index (χ2v) is 8.43. The van der Waals surface area contributed by atoms with Crippen LogP contribution in [0.1, 0.15) is 31.0 Å². The van der Waals surface area contributed by atoms with Gasteiger partial charge in [-0.25, -0.2) is 18.1 Å². The summed E-state index contributed by atoms with van der Waals surface area (Å²) >= 11 is 0. The zero-order chi connectivity index (χ0) is 20.7. The summed E-state index contributed by atoms with van der Waals surface area (Å²) in [7, 11) is -3.23. The summed E-state index contributed by atoms with van der Waals surface area (Å²) in [4.78, 5) is 7.36. The molecule has 1 atom stereocenters. The number of imidazole rings is 1. The molecule has 28 heavy (non-hydrogen) atoms. The van der Waals surface area contributed by atoms with Gasteiger partial charge in [-0.3, -0.25) is 0 Å². The number of rotatable bonds is 10. The van der Waals surface area contributed by atoms with Crippen molar-refractivity contribution in [2.75, 3.05) is 19.4 Å². The maximum Gasteiger partial charge on any atom is 0.208 e. The van der Waals surface area contributed by atoms with Crippen LogP contribution in [0.3, 0.4) is 0 Å². The van der Waals surface area contributed by atoms with Gasteiger partial charge < -0.3 is 9.72 Å². The van der Waals surface area contributed by atoms with E-state index in [1.807, 2.05) is 44.2 Å². The van der Waals surface area contributed by atoms with Crippen LogP contribution < -0.4 is 9.46 Å². The van der Waals surface area contributed by atoms with Crippen LogP contribution in [0.15, 0.2) is 72.7 Å². The van der Waals surface area contributed by atoms with E-state index in [1.165, 1.54) is 0 Å². The van der Waals surface area contributed by atoms with Crippen molar-refractivity contribution in [2.24, 2.45) is 0 Å². The van der Waals surface area contributed by atoms with Gasteiger partial charge in [0.15, 0.2) is 0 Å². The van der Waals surface area contributed by atoms with Crippen molar-refractivity contribution in [1.29, 1.82) is 0 Å². The standard InChI is InChI=1S/C21H27N3O3S/c1-6-19(16(4)15(2)3)21(20-13-22-14-23-20)17-8-7-9-18(12-17)27-11-10-24-28(5,25)26/h6-9,12-14,21,24H,1-2,10-11H2,3-5H3,(H,22,23)/b19-16+. The Balaban J connectivity index is 2.33. The smallest absolute Gasteiger partial charge is 0.208 e. The number of H-pyrrole nitrogens is 1. The normalized spacial score (nSPS) is 13.5. The molecule has 0 aliphatic carbocycles. The largest absolute Gasteiger partial charge is 0.492 e. The lowest BCUT2D eigenvalue weighted by atomic mass is 9.84. The average Bonchev–Trinajstić information content (AvgIpc) is 3.16. The number of ether oxygens (including phenoxy) is 1. The molecule has 6 nitrogen and oxygen atoms in total. The molecule has 1 heterocycles. The second-order valence-electron chi connectivity index (χ2n) is 6.59. The van der Waals surface area contributed by atoms with Crippen LogP contribution in [0.2, 0.25) is 0 Å². The molecule has 2 N–H and O–H groups in total. The molecule has 0 saturated carbocycles. The summed E-state index contributed by atoms with van der Waals surface area (Å²) in [6.45, 7) is 12.5. The summed E-state index contributed by atoms with van der Waals surface area (Å²) in [5.74, 6) is 0.558. The first-order valence-electron chi connectivity index (χ1n) is 8.87. The summed E-state index contributed by atoms with van der Waals surface area (Å²) in [5.41, 5.74) is 5.02. The van der Waals surface area contributed by atoms with Crippen molar-refractivity contribution in [3.63, 3.8) is 0 Å². The fourth-order valence-electron chi connectivity index (χ4n) is 2.86. The lowest BCUT2D eigenvalue weighted by Crippen LogP contribution is -2.26. The minimum absolute atomic E-state index is 0.102. The van der Waals surface area contributed by atoms with Crippen LogP contribution in [0.4, 0.5) is 0 Å². The highest BCUT2D eigenvalue weighted by atomic mass is 32.2. The highest BCUT2D eigenvalue weighted by molar-refractivity contribution is 7.88. The molecule has 150 valence electrons. The monoisotopic (exact) mass is 401 g/mol. The van der Waals surface area contributed by atoms with Gasteiger partial charge in [-0.2, -0.15) is 0 Å². The van der Waals surface area contributed by atoms with Crippen molar-refractivity contribution in [3.8, 4) is 5.75 Å². The summed E-state index contributed by atoms with van der Waals surface area (Å²) in [5, 5.41) is 0. The Morgan fingerprint density at radius 1 is 1.39 bits per heavy atom. The zero-order valence-electron chi connectivity index (χ0n) is 16.5. The van der Waals surface area contributed by atoms with E-state index < -0.39 is 10.0 Å². The molecule has 0 saturated heterocycles. The molecular weight excluding hydrogens is 374 g/mol. The van der Waals surface area contributed by atoms with Gasteiger partial charge in [-0.05, 0) is 42.7 Å². The Hall–Kier alpha value is -2.64. The van der Waals surface area contributed by atoms with Crippen molar-refractivity contribution in [2.45, 2.75) is 19.8 Å². The predicted molar refractivity (Wildman–Crippen MR) is 113 cm³/mol. The Bertz CT molecular complexity index is 961. The van der Waals surface area contributed by atoms with E-state index in [0.717, 1.165) is 34.2 Å². The Kier molecular flexibility index (Phi) is 7.37. The lowest BCUT2D eigenvalue weighted by molar-refractivity contribution is 0.322. The molecule has 0 fully saturated rings. The Morgan fingerprint density at radius 3 is 2.71 bits per heavy atom. The van der Waals surface area contributed by atoms with Crippen molar-refractivity contribution >= 4 is 10.0 Å². The molecule has 7 heteroatoms. The highest BCUT2D eigenvalue weighted by Crippen LogP contribution is 2.35. The zero-order valence-corrected chi connectivity index (χ0v) is 17.3. The number of benzene rings is 1. The Labute approximate surface area is 167 Å². The first-order chi connectivity index (χ1) is 13.2. The van der Waals surface area contributed by atoms with Crippen LogP contribution in [0, 0.1) is 0 Å². The fraction of sp³-hybridized carbons (Fsp3) is 0.286. The number of sulfonamides is 1. The SMILES string of the molecule is C=C/C(=C(/C)C(=C)C)C(c1cccc(OCCNS(C)(=O)=O)c1)c1cnc[nH]1. The molecule has 0 amide bonds. The average molecular weight is 402 g/mol. The third kappa shape index (κ3) is 5.94. The summed E-state index contributed by atoms with van der Waals surface area (Å²) in [6.07, 6.45) is 6.41. The number of allylic oxidation sites excluding steroid dienone is 4. The van der Waals surface area contributed by atoms with E-state index in [0.29, 0.717) is 5.75 Å². The number of hydrogen-bond donors (Lipinski definition) is 2. The van der Waals surface area contributed by atoms with E-state index in [9.17, 15) is 8.42 Å². The highest BCUT2D eigenvalue weighted by Gasteiger charge is 2.21. The van der Waals surface area contributed by atoms with Gasteiger partial charge in [0.05, 0.1) is 18.5 Å². The van der Waals surface area contributed by atoms with Gasteiger partial charge in [-0.15, -0.1) is 0 Å².